The summed E-state index contributed by atoms with van der Waals surface area (Å²) in [7, 11) is 0. The Bertz CT molecular complexity index is 1280. The van der Waals surface area contributed by atoms with Crippen molar-refractivity contribution in [2.45, 2.75) is 18.7 Å². The molecule has 0 atom stereocenters. The first-order chi connectivity index (χ1) is 17.9. The van der Waals surface area contributed by atoms with Gasteiger partial charge in [0.15, 0.2) is 18.1 Å². The fourth-order valence-corrected chi connectivity index (χ4v) is 3.75. The van der Waals surface area contributed by atoms with Crippen LogP contribution >= 0.6 is 11.8 Å². The number of hydrazone groups is 1. The van der Waals surface area contributed by atoms with Crippen molar-refractivity contribution in [3.63, 3.8) is 0 Å². The maximum Gasteiger partial charge on any atom is 0.269 e. The molecule has 0 heterocycles. The Morgan fingerprint density at radius 2 is 1.78 bits per heavy atom. The van der Waals surface area contributed by atoms with Crippen LogP contribution in [0.5, 0.6) is 11.5 Å². The lowest BCUT2D eigenvalue weighted by Crippen LogP contribution is -2.21. The highest BCUT2D eigenvalue weighted by Gasteiger charge is 2.11. The molecule has 3 aromatic rings. The van der Waals surface area contributed by atoms with Gasteiger partial charge in [-0.3, -0.25) is 19.7 Å². The second kappa shape index (κ2) is 13.6. The molecule has 11 heteroatoms. The Morgan fingerprint density at radius 3 is 2.49 bits per heavy atom. The number of aryl methyl sites for hydroxylation is 1. The number of amides is 2. The number of thioether (sulfide) groups is 1. The summed E-state index contributed by atoms with van der Waals surface area (Å²) >= 11 is 1.24. The van der Waals surface area contributed by atoms with Crippen LogP contribution in [0.2, 0.25) is 0 Å². The van der Waals surface area contributed by atoms with Crippen LogP contribution in [-0.4, -0.2) is 41.9 Å². The molecule has 10 nitrogen and oxygen atoms in total. The van der Waals surface area contributed by atoms with Crippen LogP contribution in [0.15, 0.2) is 76.7 Å². The number of para-hydroxylation sites is 1. The molecule has 0 aromatic heterocycles. The van der Waals surface area contributed by atoms with Crippen molar-refractivity contribution < 1.29 is 24.0 Å². The molecule has 0 saturated carbocycles. The van der Waals surface area contributed by atoms with E-state index in [0.29, 0.717) is 23.7 Å². The number of nitrogens with one attached hydrogen (secondary N) is 2. The molecule has 0 fully saturated rings. The number of nitrogens with zero attached hydrogens (tertiary/aromatic N) is 2. The summed E-state index contributed by atoms with van der Waals surface area (Å²) in [5, 5.41) is 17.5. The van der Waals surface area contributed by atoms with Crippen molar-refractivity contribution in [1.82, 2.24) is 5.43 Å². The molecule has 0 aliphatic carbocycles. The van der Waals surface area contributed by atoms with Crippen molar-refractivity contribution in [2.75, 3.05) is 24.3 Å². The van der Waals surface area contributed by atoms with E-state index in [4.69, 9.17) is 9.47 Å². The SMILES string of the molecule is CCOc1cc(/C=N\NC(=O)CSc2ccc([N+](=O)[O-])cc2)ccc1OCC(=O)Nc1ccccc1C. The molecule has 3 rings (SSSR count). The number of anilines is 1. The summed E-state index contributed by atoms with van der Waals surface area (Å²) in [6.07, 6.45) is 1.46. The van der Waals surface area contributed by atoms with Crippen LogP contribution in [0.25, 0.3) is 0 Å². The van der Waals surface area contributed by atoms with E-state index < -0.39 is 4.92 Å². The highest BCUT2D eigenvalue weighted by atomic mass is 32.2. The summed E-state index contributed by atoms with van der Waals surface area (Å²) in [5.41, 5.74) is 4.76. The molecule has 0 unspecified atom stereocenters. The van der Waals surface area contributed by atoms with Crippen molar-refractivity contribution >= 4 is 41.2 Å². The largest absolute Gasteiger partial charge is 0.490 e. The van der Waals surface area contributed by atoms with E-state index in [0.717, 1.165) is 16.1 Å². The fraction of sp³-hybridized carbons (Fsp3) is 0.192. The number of benzene rings is 3. The summed E-state index contributed by atoms with van der Waals surface area (Å²) in [4.78, 5) is 35.3. The molecule has 0 aliphatic heterocycles. The molecule has 0 spiro atoms. The van der Waals surface area contributed by atoms with Gasteiger partial charge in [-0.05, 0) is 61.4 Å². The van der Waals surface area contributed by atoms with Gasteiger partial charge in [-0.1, -0.05) is 18.2 Å². The molecule has 37 heavy (non-hydrogen) atoms. The first-order valence-corrected chi connectivity index (χ1v) is 12.3. The highest BCUT2D eigenvalue weighted by molar-refractivity contribution is 8.00. The Morgan fingerprint density at radius 1 is 1.03 bits per heavy atom. The number of nitro groups is 1. The number of carbonyl (C=O) groups is 2. The Kier molecular flexibility index (Phi) is 10.0. The number of ether oxygens (including phenoxy) is 2. The number of non-ortho nitro benzene ring substituents is 1. The fourth-order valence-electron chi connectivity index (χ4n) is 3.06. The normalized spacial score (nSPS) is 10.6. The van der Waals surface area contributed by atoms with Crippen molar-refractivity contribution in [3.05, 3.63) is 88.0 Å². The molecule has 3 aromatic carbocycles. The molecule has 2 N–H and O–H groups in total. The van der Waals surface area contributed by atoms with Crippen LogP contribution in [0.3, 0.4) is 0 Å². The van der Waals surface area contributed by atoms with Gasteiger partial charge in [0.25, 0.3) is 11.6 Å². The van der Waals surface area contributed by atoms with Gasteiger partial charge in [-0.15, -0.1) is 11.8 Å². The zero-order chi connectivity index (χ0) is 26.6. The van der Waals surface area contributed by atoms with Crippen molar-refractivity contribution in [3.8, 4) is 11.5 Å². The first-order valence-electron chi connectivity index (χ1n) is 11.3. The van der Waals surface area contributed by atoms with Crippen LogP contribution in [0, 0.1) is 17.0 Å². The monoisotopic (exact) mass is 522 g/mol. The lowest BCUT2D eigenvalue weighted by atomic mass is 10.2. The standard InChI is InChI=1S/C26H26N4O6S/c1-3-35-24-14-19(8-13-23(24)36-16-25(31)28-22-7-5-4-6-18(22)2)15-27-29-26(32)17-37-21-11-9-20(10-12-21)30(33)34/h4-15H,3,16-17H2,1-2H3,(H,28,31)(H,29,32)/b27-15-. The molecular formula is C26H26N4O6S. The summed E-state index contributed by atoms with van der Waals surface area (Å²) < 4.78 is 11.3. The summed E-state index contributed by atoms with van der Waals surface area (Å²) in [6, 6.07) is 18.5. The molecule has 2 amide bonds. The Hall–Kier alpha value is -4.38. The van der Waals surface area contributed by atoms with E-state index in [1.54, 1.807) is 30.3 Å². The van der Waals surface area contributed by atoms with E-state index >= 15 is 0 Å². The van der Waals surface area contributed by atoms with Crippen LogP contribution in [-0.2, 0) is 9.59 Å². The molecule has 0 bridgehead atoms. The zero-order valence-electron chi connectivity index (χ0n) is 20.3. The maximum absolute atomic E-state index is 12.3. The van der Waals surface area contributed by atoms with Gasteiger partial charge in [-0.2, -0.15) is 5.10 Å². The number of carbonyl (C=O) groups excluding carboxylic acids is 2. The smallest absolute Gasteiger partial charge is 0.269 e. The molecule has 0 saturated heterocycles. The number of rotatable bonds is 12. The van der Waals surface area contributed by atoms with Gasteiger partial charge >= 0.3 is 0 Å². The number of nitro benzene ring substituents is 1. The second-order valence-corrected chi connectivity index (χ2v) is 8.67. The van der Waals surface area contributed by atoms with Crippen LogP contribution < -0.4 is 20.2 Å². The topological polar surface area (TPSA) is 132 Å². The van der Waals surface area contributed by atoms with E-state index in [9.17, 15) is 19.7 Å². The second-order valence-electron chi connectivity index (χ2n) is 7.62. The zero-order valence-corrected chi connectivity index (χ0v) is 21.1. The minimum atomic E-state index is -0.477. The number of hydrogen-bond acceptors (Lipinski definition) is 8. The third kappa shape index (κ3) is 8.65. The van der Waals surface area contributed by atoms with Gasteiger partial charge in [0.05, 0.1) is 23.5 Å². The summed E-state index contributed by atoms with van der Waals surface area (Å²) in [6.45, 7) is 3.94. The van der Waals surface area contributed by atoms with Gasteiger partial charge in [-0.25, -0.2) is 5.43 Å². The van der Waals surface area contributed by atoms with Gasteiger partial charge in [0.1, 0.15) is 0 Å². The maximum atomic E-state index is 12.3. The van der Waals surface area contributed by atoms with Crippen molar-refractivity contribution in [2.24, 2.45) is 5.10 Å². The number of hydrogen-bond donors (Lipinski definition) is 2. The third-order valence-corrected chi connectivity index (χ3v) is 5.88. The predicted molar refractivity (Wildman–Crippen MR) is 142 cm³/mol. The lowest BCUT2D eigenvalue weighted by molar-refractivity contribution is -0.384. The quantitative estimate of drug-likeness (QED) is 0.154. The van der Waals surface area contributed by atoms with E-state index in [-0.39, 0.29) is 29.9 Å². The Balaban J connectivity index is 1.51. The molecular weight excluding hydrogens is 496 g/mol. The Labute approximate surface area is 218 Å². The molecule has 192 valence electrons. The van der Waals surface area contributed by atoms with E-state index in [1.165, 1.54) is 30.1 Å². The minimum Gasteiger partial charge on any atom is -0.490 e. The van der Waals surface area contributed by atoms with Gasteiger partial charge in [0, 0.05) is 22.7 Å². The average Bonchev–Trinajstić information content (AvgIpc) is 2.89. The minimum absolute atomic E-state index is 0.00761. The van der Waals surface area contributed by atoms with E-state index in [2.05, 4.69) is 15.8 Å². The van der Waals surface area contributed by atoms with Crippen molar-refractivity contribution in [1.29, 1.82) is 0 Å². The van der Waals surface area contributed by atoms with Gasteiger partial charge in [0.2, 0.25) is 5.91 Å². The predicted octanol–water partition coefficient (Wildman–Crippen LogP) is 4.56. The van der Waals surface area contributed by atoms with Gasteiger partial charge < -0.3 is 14.8 Å². The molecule has 0 radical (unpaired) electrons. The summed E-state index contributed by atoms with van der Waals surface area (Å²) in [5.74, 6) is 0.315. The highest BCUT2D eigenvalue weighted by Crippen LogP contribution is 2.28. The van der Waals surface area contributed by atoms with Crippen LogP contribution in [0.4, 0.5) is 11.4 Å². The average molecular weight is 523 g/mol. The van der Waals surface area contributed by atoms with Crippen LogP contribution in [0.1, 0.15) is 18.1 Å². The third-order valence-electron chi connectivity index (χ3n) is 4.87. The van der Waals surface area contributed by atoms with E-state index in [1.807, 2.05) is 38.1 Å². The molecule has 0 aliphatic rings. The lowest BCUT2D eigenvalue weighted by Gasteiger charge is -2.13. The first kappa shape index (κ1) is 27.2.